The Morgan fingerprint density at radius 2 is 2.14 bits per heavy atom. The number of hydrogen-bond acceptors (Lipinski definition) is 3. The zero-order valence-electron chi connectivity index (χ0n) is 13.6. The first-order valence-electron chi connectivity index (χ1n) is 7.77. The number of benzene rings is 1. The zero-order chi connectivity index (χ0) is 16.2. The lowest BCUT2D eigenvalue weighted by Crippen LogP contribution is -2.36. The molecule has 4 nitrogen and oxygen atoms in total. The Morgan fingerprint density at radius 3 is 2.82 bits per heavy atom. The third kappa shape index (κ3) is 5.29. The number of amides is 1. The van der Waals surface area contributed by atoms with Gasteiger partial charge < -0.3 is 15.0 Å². The monoisotopic (exact) mass is 368 g/mol. The smallest absolute Gasteiger partial charge is 0.410 e. The molecular weight excluding hydrogens is 344 g/mol. The van der Waals surface area contributed by atoms with E-state index in [4.69, 9.17) is 4.74 Å². The van der Waals surface area contributed by atoms with Crippen LogP contribution in [-0.2, 0) is 11.3 Å². The number of halogens is 1. The van der Waals surface area contributed by atoms with Gasteiger partial charge in [0.05, 0.1) is 0 Å². The summed E-state index contributed by atoms with van der Waals surface area (Å²) in [6.07, 6.45) is 0.836. The molecule has 122 valence electrons. The van der Waals surface area contributed by atoms with E-state index < -0.39 is 5.60 Å². The highest BCUT2D eigenvalue weighted by Gasteiger charge is 2.29. The minimum atomic E-state index is -0.424. The van der Waals surface area contributed by atoms with E-state index in [-0.39, 0.29) is 6.09 Å². The summed E-state index contributed by atoms with van der Waals surface area (Å²) < 4.78 is 6.55. The fourth-order valence-corrected chi connectivity index (χ4v) is 2.97. The minimum absolute atomic E-state index is 0.194. The molecule has 1 saturated heterocycles. The van der Waals surface area contributed by atoms with E-state index in [9.17, 15) is 4.79 Å². The fourth-order valence-electron chi connectivity index (χ4n) is 2.54. The summed E-state index contributed by atoms with van der Waals surface area (Å²) in [5, 5.41) is 3.48. The van der Waals surface area contributed by atoms with Crippen LogP contribution in [0.15, 0.2) is 28.7 Å². The Hall–Kier alpha value is -1.07. The number of hydrogen-bond donors (Lipinski definition) is 1. The van der Waals surface area contributed by atoms with Crippen LogP contribution in [-0.4, -0.2) is 36.2 Å². The molecule has 0 spiro atoms. The lowest BCUT2D eigenvalue weighted by molar-refractivity contribution is 0.0288. The first-order chi connectivity index (χ1) is 10.3. The van der Waals surface area contributed by atoms with Gasteiger partial charge >= 0.3 is 6.09 Å². The number of nitrogens with one attached hydrogen (secondary N) is 1. The molecule has 5 heteroatoms. The molecule has 0 unspecified atom stereocenters. The molecule has 1 aromatic carbocycles. The third-order valence-corrected chi connectivity index (χ3v) is 4.42. The van der Waals surface area contributed by atoms with Crippen LogP contribution in [0.2, 0.25) is 0 Å². The number of ether oxygens (including phenoxy) is 1. The van der Waals surface area contributed by atoms with Crippen LogP contribution in [0.25, 0.3) is 0 Å². The Labute approximate surface area is 141 Å². The standard InChI is InChI=1S/C17H25BrN2O2/c1-17(2,3)22-16(21)20-9-8-13(12-20)10-19-11-14-6-4-5-7-15(14)18/h4-7,13,19H,8-12H2,1-3H3/t13-/m0/s1. The van der Waals surface area contributed by atoms with Crippen LogP contribution < -0.4 is 5.32 Å². The van der Waals surface area contributed by atoms with Gasteiger partial charge in [0.1, 0.15) is 5.60 Å². The molecule has 22 heavy (non-hydrogen) atoms. The van der Waals surface area contributed by atoms with Crippen LogP contribution in [0.4, 0.5) is 4.79 Å². The topological polar surface area (TPSA) is 41.6 Å². The summed E-state index contributed by atoms with van der Waals surface area (Å²) >= 11 is 3.56. The summed E-state index contributed by atoms with van der Waals surface area (Å²) in [5.41, 5.74) is 0.831. The summed E-state index contributed by atoms with van der Waals surface area (Å²) in [5.74, 6) is 0.495. The molecule has 1 fully saturated rings. The van der Waals surface area contributed by atoms with Crippen molar-refractivity contribution >= 4 is 22.0 Å². The Balaban J connectivity index is 1.73. The van der Waals surface area contributed by atoms with Gasteiger partial charge in [0.2, 0.25) is 0 Å². The molecular formula is C17H25BrN2O2. The van der Waals surface area contributed by atoms with Gasteiger partial charge in [0.15, 0.2) is 0 Å². The largest absolute Gasteiger partial charge is 0.444 e. The Bertz CT molecular complexity index is 514. The molecule has 0 radical (unpaired) electrons. The predicted octanol–water partition coefficient (Wildman–Crippen LogP) is 3.80. The normalized spacial score (nSPS) is 18.5. The average molecular weight is 369 g/mol. The molecule has 1 aromatic rings. The lowest BCUT2D eigenvalue weighted by Gasteiger charge is -2.24. The molecule has 1 N–H and O–H groups in total. The van der Waals surface area contributed by atoms with Gasteiger partial charge in [-0.25, -0.2) is 4.79 Å². The second-order valence-corrected chi connectivity index (χ2v) is 7.66. The number of carbonyl (C=O) groups excluding carboxylic acids is 1. The molecule has 1 heterocycles. The van der Waals surface area contributed by atoms with Crippen LogP contribution in [0.5, 0.6) is 0 Å². The van der Waals surface area contributed by atoms with Gasteiger partial charge in [-0.1, -0.05) is 34.1 Å². The highest BCUT2D eigenvalue weighted by molar-refractivity contribution is 9.10. The van der Waals surface area contributed by atoms with E-state index in [1.54, 1.807) is 0 Å². The summed E-state index contributed by atoms with van der Waals surface area (Å²) in [6, 6.07) is 8.22. The van der Waals surface area contributed by atoms with E-state index >= 15 is 0 Å². The number of rotatable bonds is 4. The zero-order valence-corrected chi connectivity index (χ0v) is 15.1. The Morgan fingerprint density at radius 1 is 1.41 bits per heavy atom. The quantitative estimate of drug-likeness (QED) is 0.878. The van der Waals surface area contributed by atoms with Crippen molar-refractivity contribution in [2.45, 2.75) is 39.3 Å². The van der Waals surface area contributed by atoms with E-state index in [0.717, 1.165) is 37.1 Å². The molecule has 2 rings (SSSR count). The summed E-state index contributed by atoms with van der Waals surface area (Å²) in [7, 11) is 0. The molecule has 1 aliphatic heterocycles. The Kier molecular flexibility index (Phi) is 5.87. The van der Waals surface area contributed by atoms with Gasteiger partial charge in [-0.3, -0.25) is 0 Å². The SMILES string of the molecule is CC(C)(C)OC(=O)N1CC[C@@H](CNCc2ccccc2Br)C1. The maximum Gasteiger partial charge on any atom is 0.410 e. The molecule has 1 amide bonds. The van der Waals surface area contributed by atoms with E-state index in [2.05, 4.69) is 33.4 Å². The van der Waals surface area contributed by atoms with Crippen molar-refractivity contribution in [2.75, 3.05) is 19.6 Å². The first-order valence-corrected chi connectivity index (χ1v) is 8.56. The number of carbonyl (C=O) groups is 1. The minimum Gasteiger partial charge on any atom is -0.444 e. The summed E-state index contributed by atoms with van der Waals surface area (Å²) in [4.78, 5) is 13.8. The van der Waals surface area contributed by atoms with Crippen LogP contribution >= 0.6 is 15.9 Å². The van der Waals surface area contributed by atoms with E-state index in [0.29, 0.717) is 5.92 Å². The van der Waals surface area contributed by atoms with Crippen molar-refractivity contribution in [2.24, 2.45) is 5.92 Å². The van der Waals surface area contributed by atoms with Crippen molar-refractivity contribution in [3.63, 3.8) is 0 Å². The van der Waals surface area contributed by atoms with Crippen molar-refractivity contribution in [3.8, 4) is 0 Å². The maximum absolute atomic E-state index is 12.0. The summed E-state index contributed by atoms with van der Waals surface area (Å²) in [6.45, 7) is 9.02. The predicted molar refractivity (Wildman–Crippen MR) is 91.8 cm³/mol. The molecule has 0 aliphatic carbocycles. The second kappa shape index (κ2) is 7.47. The number of likely N-dealkylation sites (tertiary alicyclic amines) is 1. The molecule has 0 saturated carbocycles. The first kappa shape index (κ1) is 17.3. The lowest BCUT2D eigenvalue weighted by atomic mass is 10.1. The van der Waals surface area contributed by atoms with Crippen molar-refractivity contribution in [3.05, 3.63) is 34.3 Å². The average Bonchev–Trinajstić information content (AvgIpc) is 2.88. The molecule has 1 atom stereocenters. The highest BCUT2D eigenvalue weighted by Crippen LogP contribution is 2.20. The molecule has 1 aliphatic rings. The van der Waals surface area contributed by atoms with Gasteiger partial charge in [-0.05, 0) is 44.7 Å². The number of nitrogens with zero attached hydrogens (tertiary/aromatic N) is 1. The van der Waals surface area contributed by atoms with Crippen LogP contribution in [0.3, 0.4) is 0 Å². The van der Waals surface area contributed by atoms with Gasteiger partial charge in [-0.2, -0.15) is 0 Å². The maximum atomic E-state index is 12.0. The van der Waals surface area contributed by atoms with Crippen LogP contribution in [0.1, 0.15) is 32.8 Å². The van der Waals surface area contributed by atoms with Gasteiger partial charge in [0.25, 0.3) is 0 Å². The molecule has 0 aromatic heterocycles. The fraction of sp³-hybridized carbons (Fsp3) is 0.588. The van der Waals surface area contributed by atoms with Crippen molar-refractivity contribution in [1.29, 1.82) is 0 Å². The van der Waals surface area contributed by atoms with E-state index in [1.165, 1.54) is 5.56 Å². The van der Waals surface area contributed by atoms with Gasteiger partial charge in [0, 0.05) is 30.7 Å². The van der Waals surface area contributed by atoms with Crippen molar-refractivity contribution < 1.29 is 9.53 Å². The highest BCUT2D eigenvalue weighted by atomic mass is 79.9. The van der Waals surface area contributed by atoms with E-state index in [1.807, 2.05) is 37.8 Å². The van der Waals surface area contributed by atoms with Crippen molar-refractivity contribution in [1.82, 2.24) is 10.2 Å². The van der Waals surface area contributed by atoms with Crippen LogP contribution in [0, 0.1) is 5.92 Å². The third-order valence-electron chi connectivity index (χ3n) is 3.64. The second-order valence-electron chi connectivity index (χ2n) is 6.80. The molecule has 0 bridgehead atoms. The van der Waals surface area contributed by atoms with Gasteiger partial charge in [-0.15, -0.1) is 0 Å².